The first-order chi connectivity index (χ1) is 14.5. The van der Waals surface area contributed by atoms with Crippen molar-refractivity contribution in [1.29, 1.82) is 10.5 Å². The second-order valence-electron chi connectivity index (χ2n) is 6.91. The van der Waals surface area contributed by atoms with Gasteiger partial charge < -0.3 is 18.7 Å². The molecule has 0 amide bonds. The molecule has 4 aromatic rings. The van der Waals surface area contributed by atoms with Crippen molar-refractivity contribution in [1.82, 2.24) is 9.13 Å². The number of aromatic nitrogens is 2. The molecule has 0 aliphatic carbocycles. The van der Waals surface area contributed by atoms with Gasteiger partial charge in [0.2, 0.25) is 0 Å². The Kier molecular flexibility index (Phi) is 6.10. The summed E-state index contributed by atoms with van der Waals surface area (Å²) in [4.78, 5) is 21.5. The van der Waals surface area contributed by atoms with Gasteiger partial charge in [-0.05, 0) is 12.1 Å². The van der Waals surface area contributed by atoms with E-state index < -0.39 is 11.8 Å². The summed E-state index contributed by atoms with van der Waals surface area (Å²) in [6, 6.07) is 19.5. The second-order valence-corrected chi connectivity index (χ2v) is 6.91. The first kappa shape index (κ1) is 20.6. The van der Waals surface area contributed by atoms with E-state index >= 15 is 0 Å². The molecule has 0 fully saturated rings. The minimum atomic E-state index is -0.670. The van der Waals surface area contributed by atoms with Crippen molar-refractivity contribution in [3.05, 3.63) is 72.1 Å². The van der Waals surface area contributed by atoms with E-state index in [0.29, 0.717) is 12.6 Å². The fourth-order valence-corrected chi connectivity index (χ4v) is 3.59. The molecule has 0 saturated carbocycles. The van der Waals surface area contributed by atoms with Gasteiger partial charge in [-0.1, -0.05) is 36.4 Å². The molecule has 2 atom stereocenters. The third-order valence-corrected chi connectivity index (χ3v) is 5.08. The molecule has 0 aliphatic heterocycles. The van der Waals surface area contributed by atoms with Crippen LogP contribution in [0, 0.1) is 22.7 Å². The van der Waals surface area contributed by atoms with E-state index in [0.717, 1.165) is 32.9 Å². The number of nitriles is 2. The number of benzene rings is 2. The van der Waals surface area contributed by atoms with Gasteiger partial charge in [0.05, 0.1) is 12.1 Å². The Morgan fingerprint density at radius 1 is 0.733 bits per heavy atom. The number of carbonyl (C=O) groups is 2. The van der Waals surface area contributed by atoms with Gasteiger partial charge >= 0.3 is 0 Å². The number of aryl methyl sites for hydroxylation is 2. The Labute approximate surface area is 174 Å². The Balaban J connectivity index is 0.000000171. The second kappa shape index (κ2) is 8.89. The molecule has 2 aromatic heterocycles. The summed E-state index contributed by atoms with van der Waals surface area (Å²) in [5.41, 5.74) is 3.64. The normalized spacial score (nSPS) is 12.3. The maximum absolute atomic E-state index is 10.8. The van der Waals surface area contributed by atoms with Gasteiger partial charge in [0.25, 0.3) is 0 Å². The van der Waals surface area contributed by atoms with Crippen LogP contribution in [-0.2, 0) is 23.7 Å². The number of rotatable bonds is 4. The monoisotopic (exact) mass is 396 g/mol. The van der Waals surface area contributed by atoms with Gasteiger partial charge in [0.1, 0.15) is 24.4 Å². The third kappa shape index (κ3) is 3.72. The first-order valence-corrected chi connectivity index (χ1v) is 9.33. The van der Waals surface area contributed by atoms with Crippen molar-refractivity contribution < 1.29 is 9.59 Å². The van der Waals surface area contributed by atoms with Crippen LogP contribution in [0.15, 0.2) is 60.9 Å². The van der Waals surface area contributed by atoms with E-state index in [4.69, 9.17) is 10.5 Å². The Bertz CT molecular complexity index is 1200. The highest BCUT2D eigenvalue weighted by Gasteiger charge is 2.16. The lowest BCUT2D eigenvalue weighted by Gasteiger charge is -1.97. The zero-order valence-corrected chi connectivity index (χ0v) is 16.7. The molecule has 2 aromatic carbocycles. The molecule has 6 heteroatoms. The van der Waals surface area contributed by atoms with E-state index in [1.165, 1.54) is 0 Å². The molecule has 0 N–H and O–H groups in total. The van der Waals surface area contributed by atoms with Gasteiger partial charge in [0.15, 0.2) is 0 Å². The summed E-state index contributed by atoms with van der Waals surface area (Å²) in [7, 11) is 3.82. The quantitative estimate of drug-likeness (QED) is 0.488. The summed E-state index contributed by atoms with van der Waals surface area (Å²) in [5, 5.41) is 19.7. The van der Waals surface area contributed by atoms with Gasteiger partial charge in [0, 0.05) is 59.4 Å². The van der Waals surface area contributed by atoms with E-state index in [1.807, 2.05) is 96.3 Å². The Morgan fingerprint density at radius 2 is 1.10 bits per heavy atom. The van der Waals surface area contributed by atoms with Crippen LogP contribution in [0.4, 0.5) is 0 Å². The first-order valence-electron chi connectivity index (χ1n) is 9.33. The minimum absolute atomic E-state index is 0.670. The summed E-state index contributed by atoms with van der Waals surface area (Å²) in [6.07, 6.45) is 5.05. The maximum Gasteiger partial charge on any atom is 0.141 e. The summed E-state index contributed by atoms with van der Waals surface area (Å²) in [5.74, 6) is -1.34. The molecular weight excluding hydrogens is 376 g/mol. The van der Waals surface area contributed by atoms with Crippen LogP contribution >= 0.6 is 0 Å². The maximum atomic E-state index is 10.8. The van der Waals surface area contributed by atoms with Gasteiger partial charge in [-0.15, -0.1) is 0 Å². The van der Waals surface area contributed by atoms with Gasteiger partial charge in [-0.2, -0.15) is 10.5 Å². The summed E-state index contributed by atoms with van der Waals surface area (Å²) >= 11 is 0. The molecule has 30 heavy (non-hydrogen) atoms. The Morgan fingerprint density at radius 3 is 1.43 bits per heavy atom. The van der Waals surface area contributed by atoms with Crippen LogP contribution in [0.5, 0.6) is 0 Å². The molecule has 0 aliphatic rings. The molecule has 0 saturated heterocycles. The molecular formula is C24H20N4O2. The SMILES string of the molecule is Cn1cc(C(C#N)C=O)c2ccccc21.Cn1cc(C(C#N)C=O)c2ccccc21. The van der Waals surface area contributed by atoms with Crippen LogP contribution < -0.4 is 0 Å². The average Bonchev–Trinajstić information content (AvgIpc) is 3.29. The highest BCUT2D eigenvalue weighted by atomic mass is 16.1. The smallest absolute Gasteiger partial charge is 0.141 e. The number of carbonyl (C=O) groups excluding carboxylic acids is 2. The fourth-order valence-electron chi connectivity index (χ4n) is 3.59. The van der Waals surface area contributed by atoms with Crippen LogP contribution in [0.1, 0.15) is 23.0 Å². The highest BCUT2D eigenvalue weighted by Crippen LogP contribution is 2.26. The minimum Gasteiger partial charge on any atom is -0.350 e. The number of nitrogens with zero attached hydrogens (tertiary/aromatic N) is 4. The Hall–Kier alpha value is -4.16. The topological polar surface area (TPSA) is 91.6 Å². The molecule has 4 rings (SSSR count). The number of para-hydroxylation sites is 2. The van der Waals surface area contributed by atoms with Gasteiger partial charge in [-0.3, -0.25) is 0 Å². The highest BCUT2D eigenvalue weighted by molar-refractivity contribution is 5.89. The van der Waals surface area contributed by atoms with Crippen molar-refractivity contribution in [3.8, 4) is 12.1 Å². The zero-order valence-electron chi connectivity index (χ0n) is 16.7. The number of fused-ring (bicyclic) bond motifs is 2. The summed E-state index contributed by atoms with van der Waals surface area (Å²) in [6.45, 7) is 0. The number of aldehydes is 2. The molecule has 2 heterocycles. The van der Waals surface area contributed by atoms with Crippen LogP contribution in [-0.4, -0.2) is 21.7 Å². The van der Waals surface area contributed by atoms with E-state index in [1.54, 1.807) is 0 Å². The number of hydrogen-bond donors (Lipinski definition) is 0. The molecule has 0 bridgehead atoms. The van der Waals surface area contributed by atoms with Crippen molar-refractivity contribution in [2.45, 2.75) is 11.8 Å². The third-order valence-electron chi connectivity index (χ3n) is 5.08. The standard InChI is InChI=1S/2C12H10N2O/c2*1-14-7-11(9(6-13)8-15)10-4-2-3-5-12(10)14/h2*2-5,7-9H,1H3. The zero-order chi connectivity index (χ0) is 21.7. The predicted molar refractivity (Wildman–Crippen MR) is 115 cm³/mol. The van der Waals surface area contributed by atoms with Crippen LogP contribution in [0.3, 0.4) is 0 Å². The van der Waals surface area contributed by atoms with Crippen molar-refractivity contribution in [2.24, 2.45) is 14.1 Å². The fraction of sp³-hybridized carbons (Fsp3) is 0.167. The van der Waals surface area contributed by atoms with Crippen LogP contribution in [0.2, 0.25) is 0 Å². The molecule has 0 spiro atoms. The van der Waals surface area contributed by atoms with E-state index in [9.17, 15) is 9.59 Å². The van der Waals surface area contributed by atoms with Crippen LogP contribution in [0.25, 0.3) is 21.8 Å². The molecule has 0 radical (unpaired) electrons. The largest absolute Gasteiger partial charge is 0.350 e. The molecule has 6 nitrogen and oxygen atoms in total. The van der Waals surface area contributed by atoms with Crippen molar-refractivity contribution >= 4 is 34.4 Å². The lowest BCUT2D eigenvalue weighted by atomic mass is 10.0. The van der Waals surface area contributed by atoms with Gasteiger partial charge in [-0.25, -0.2) is 0 Å². The lowest BCUT2D eigenvalue weighted by Crippen LogP contribution is -1.95. The predicted octanol–water partition coefficient (Wildman–Crippen LogP) is 3.97. The van der Waals surface area contributed by atoms with E-state index in [-0.39, 0.29) is 0 Å². The number of hydrogen-bond acceptors (Lipinski definition) is 4. The molecule has 2 unspecified atom stereocenters. The van der Waals surface area contributed by atoms with Crippen molar-refractivity contribution in [2.75, 3.05) is 0 Å². The lowest BCUT2D eigenvalue weighted by molar-refractivity contribution is -0.108. The summed E-state index contributed by atoms with van der Waals surface area (Å²) < 4.78 is 3.86. The average molecular weight is 396 g/mol. The molecule has 148 valence electrons. The van der Waals surface area contributed by atoms with Crippen molar-refractivity contribution in [3.63, 3.8) is 0 Å². The van der Waals surface area contributed by atoms with E-state index in [2.05, 4.69) is 0 Å².